The number of benzene rings is 1. The fraction of sp³-hybridized carbons (Fsp3) is 0.500. The van der Waals surface area contributed by atoms with Crippen LogP contribution in [0.25, 0.3) is 0 Å². The van der Waals surface area contributed by atoms with Gasteiger partial charge in [0, 0.05) is 18.1 Å². The van der Waals surface area contributed by atoms with E-state index in [0.717, 1.165) is 0 Å². The second kappa shape index (κ2) is 8.03. The lowest BCUT2D eigenvalue weighted by atomic mass is 9.97. The van der Waals surface area contributed by atoms with Crippen LogP contribution < -0.4 is 4.74 Å². The Balaban J connectivity index is 1.76. The maximum Gasteiger partial charge on any atom is 0.309 e. The lowest BCUT2D eigenvalue weighted by Crippen LogP contribution is -2.42. The first-order valence-electron chi connectivity index (χ1n) is 7.43. The number of rotatable bonds is 5. The Morgan fingerprint density at radius 1 is 1.32 bits per heavy atom. The zero-order valence-electron chi connectivity index (χ0n) is 12.6. The van der Waals surface area contributed by atoms with Crippen molar-refractivity contribution in [3.63, 3.8) is 0 Å². The maximum absolute atomic E-state index is 12.1. The molecule has 22 heavy (non-hydrogen) atoms. The standard InChI is InChI=1S/C16H20ClNO4/c1-2-21-16(20)12-6-8-18(9-7-12)15(19)11-22-14-5-3-4-13(17)10-14/h3-5,10,12H,2,6-9,11H2,1H3. The Morgan fingerprint density at radius 2 is 2.05 bits per heavy atom. The topological polar surface area (TPSA) is 55.8 Å². The summed E-state index contributed by atoms with van der Waals surface area (Å²) in [4.78, 5) is 25.5. The molecule has 1 aliphatic heterocycles. The molecule has 5 nitrogen and oxygen atoms in total. The van der Waals surface area contributed by atoms with E-state index in [1.165, 1.54) is 0 Å². The van der Waals surface area contributed by atoms with Gasteiger partial charge < -0.3 is 14.4 Å². The van der Waals surface area contributed by atoms with Crippen LogP contribution in [-0.2, 0) is 14.3 Å². The van der Waals surface area contributed by atoms with Gasteiger partial charge in [0.1, 0.15) is 5.75 Å². The van der Waals surface area contributed by atoms with Gasteiger partial charge in [0.25, 0.3) is 5.91 Å². The van der Waals surface area contributed by atoms with Crippen LogP contribution in [0.3, 0.4) is 0 Å². The van der Waals surface area contributed by atoms with Crippen molar-refractivity contribution in [1.82, 2.24) is 4.90 Å². The molecule has 0 aliphatic carbocycles. The van der Waals surface area contributed by atoms with Gasteiger partial charge in [0.2, 0.25) is 0 Å². The highest BCUT2D eigenvalue weighted by molar-refractivity contribution is 6.30. The summed E-state index contributed by atoms with van der Waals surface area (Å²) < 4.78 is 10.5. The van der Waals surface area contributed by atoms with Crippen molar-refractivity contribution >= 4 is 23.5 Å². The van der Waals surface area contributed by atoms with Gasteiger partial charge in [-0.1, -0.05) is 17.7 Å². The third-order valence-electron chi connectivity index (χ3n) is 3.63. The van der Waals surface area contributed by atoms with Gasteiger partial charge >= 0.3 is 5.97 Å². The minimum atomic E-state index is -0.162. The molecular weight excluding hydrogens is 306 g/mol. The number of ether oxygens (including phenoxy) is 2. The van der Waals surface area contributed by atoms with Gasteiger partial charge in [-0.05, 0) is 38.0 Å². The molecule has 1 amide bonds. The highest BCUT2D eigenvalue weighted by Crippen LogP contribution is 2.20. The molecule has 1 fully saturated rings. The van der Waals surface area contributed by atoms with E-state index in [1.807, 2.05) is 0 Å². The quantitative estimate of drug-likeness (QED) is 0.781. The summed E-state index contributed by atoms with van der Waals surface area (Å²) in [5, 5.41) is 0.570. The normalized spacial score (nSPS) is 15.5. The number of nitrogens with zero attached hydrogens (tertiary/aromatic N) is 1. The van der Waals surface area contributed by atoms with Crippen LogP contribution in [0.15, 0.2) is 24.3 Å². The molecule has 2 rings (SSSR count). The Hall–Kier alpha value is -1.75. The molecule has 1 aromatic rings. The second-order valence-electron chi connectivity index (χ2n) is 5.15. The predicted molar refractivity (Wildman–Crippen MR) is 82.9 cm³/mol. The van der Waals surface area contributed by atoms with Gasteiger partial charge in [-0.15, -0.1) is 0 Å². The van der Waals surface area contributed by atoms with Crippen molar-refractivity contribution < 1.29 is 19.1 Å². The molecule has 1 aromatic carbocycles. The number of likely N-dealkylation sites (tertiary alicyclic amines) is 1. The molecule has 0 atom stereocenters. The van der Waals surface area contributed by atoms with Crippen molar-refractivity contribution in [2.24, 2.45) is 5.92 Å². The molecule has 0 radical (unpaired) electrons. The molecule has 1 heterocycles. The zero-order chi connectivity index (χ0) is 15.9. The van der Waals surface area contributed by atoms with Crippen LogP contribution in [0.4, 0.5) is 0 Å². The van der Waals surface area contributed by atoms with Crippen molar-refractivity contribution in [3.8, 4) is 5.75 Å². The minimum Gasteiger partial charge on any atom is -0.484 e. The van der Waals surface area contributed by atoms with Gasteiger partial charge in [0.15, 0.2) is 6.61 Å². The van der Waals surface area contributed by atoms with E-state index in [2.05, 4.69) is 0 Å². The monoisotopic (exact) mass is 325 g/mol. The van der Waals surface area contributed by atoms with E-state index in [0.29, 0.717) is 43.3 Å². The predicted octanol–water partition coefficient (Wildman–Crippen LogP) is 2.52. The number of hydrogen-bond acceptors (Lipinski definition) is 4. The first kappa shape index (κ1) is 16.6. The van der Waals surface area contributed by atoms with E-state index < -0.39 is 0 Å². The lowest BCUT2D eigenvalue weighted by molar-refractivity contribution is -0.151. The summed E-state index contributed by atoms with van der Waals surface area (Å²) >= 11 is 5.86. The van der Waals surface area contributed by atoms with E-state index in [1.54, 1.807) is 36.1 Å². The molecule has 0 saturated carbocycles. The number of carbonyl (C=O) groups excluding carboxylic acids is 2. The molecule has 1 saturated heterocycles. The molecule has 0 bridgehead atoms. The Kier molecular flexibility index (Phi) is 6.07. The van der Waals surface area contributed by atoms with Gasteiger partial charge in [-0.2, -0.15) is 0 Å². The number of amides is 1. The summed E-state index contributed by atoms with van der Waals surface area (Å²) in [5.74, 6) is 0.229. The average molecular weight is 326 g/mol. The van der Waals surface area contributed by atoms with Gasteiger partial charge in [-0.25, -0.2) is 0 Å². The van der Waals surface area contributed by atoms with Crippen LogP contribution in [0.1, 0.15) is 19.8 Å². The smallest absolute Gasteiger partial charge is 0.309 e. The first-order chi connectivity index (χ1) is 10.6. The first-order valence-corrected chi connectivity index (χ1v) is 7.80. The summed E-state index contributed by atoms with van der Waals surface area (Å²) in [5.41, 5.74) is 0. The van der Waals surface area contributed by atoms with Crippen molar-refractivity contribution in [2.45, 2.75) is 19.8 Å². The lowest BCUT2D eigenvalue weighted by Gasteiger charge is -2.30. The van der Waals surface area contributed by atoms with Crippen LogP contribution in [0.2, 0.25) is 5.02 Å². The molecular formula is C16H20ClNO4. The van der Waals surface area contributed by atoms with Crippen molar-refractivity contribution in [2.75, 3.05) is 26.3 Å². The van der Waals surface area contributed by atoms with Crippen molar-refractivity contribution in [3.05, 3.63) is 29.3 Å². The summed E-state index contributed by atoms with van der Waals surface area (Å²) in [6.07, 6.45) is 1.28. The largest absolute Gasteiger partial charge is 0.484 e. The summed E-state index contributed by atoms with van der Waals surface area (Å²) in [6.45, 7) is 3.28. The zero-order valence-corrected chi connectivity index (χ0v) is 13.3. The average Bonchev–Trinajstić information content (AvgIpc) is 2.53. The minimum absolute atomic E-state index is 0.0234. The van der Waals surface area contributed by atoms with Crippen LogP contribution >= 0.6 is 11.6 Å². The maximum atomic E-state index is 12.1. The van der Waals surface area contributed by atoms with Crippen LogP contribution in [-0.4, -0.2) is 43.1 Å². The Labute approximate surface area is 135 Å². The Bertz CT molecular complexity index is 527. The van der Waals surface area contributed by atoms with E-state index in [-0.39, 0.29) is 24.4 Å². The van der Waals surface area contributed by atoms with E-state index >= 15 is 0 Å². The third-order valence-corrected chi connectivity index (χ3v) is 3.86. The number of carbonyl (C=O) groups is 2. The highest BCUT2D eigenvalue weighted by atomic mass is 35.5. The Morgan fingerprint density at radius 3 is 2.68 bits per heavy atom. The SMILES string of the molecule is CCOC(=O)C1CCN(C(=O)COc2cccc(Cl)c2)CC1. The van der Waals surface area contributed by atoms with Gasteiger partial charge in [-0.3, -0.25) is 9.59 Å². The fourth-order valence-corrected chi connectivity index (χ4v) is 2.60. The second-order valence-corrected chi connectivity index (χ2v) is 5.59. The third kappa shape index (κ3) is 4.63. The number of hydrogen-bond donors (Lipinski definition) is 0. The molecule has 0 spiro atoms. The molecule has 6 heteroatoms. The fourth-order valence-electron chi connectivity index (χ4n) is 2.42. The molecule has 120 valence electrons. The van der Waals surface area contributed by atoms with E-state index in [4.69, 9.17) is 21.1 Å². The molecule has 0 aromatic heterocycles. The van der Waals surface area contributed by atoms with Crippen LogP contribution in [0, 0.1) is 5.92 Å². The van der Waals surface area contributed by atoms with Crippen LogP contribution in [0.5, 0.6) is 5.75 Å². The highest BCUT2D eigenvalue weighted by Gasteiger charge is 2.28. The number of esters is 1. The summed E-state index contributed by atoms with van der Waals surface area (Å²) in [7, 11) is 0. The van der Waals surface area contributed by atoms with Gasteiger partial charge in [0.05, 0.1) is 12.5 Å². The molecule has 0 N–H and O–H groups in total. The summed E-state index contributed by atoms with van der Waals surface area (Å²) in [6, 6.07) is 6.94. The number of halogens is 1. The number of piperidine rings is 1. The molecule has 1 aliphatic rings. The molecule has 0 unspecified atom stereocenters. The van der Waals surface area contributed by atoms with Crippen molar-refractivity contribution in [1.29, 1.82) is 0 Å². The van der Waals surface area contributed by atoms with E-state index in [9.17, 15) is 9.59 Å².